The molecule has 0 aliphatic heterocycles. The summed E-state index contributed by atoms with van der Waals surface area (Å²) in [7, 11) is -3.26. The van der Waals surface area contributed by atoms with E-state index in [1.807, 2.05) is 6.92 Å². The first-order chi connectivity index (χ1) is 9.71. The predicted molar refractivity (Wildman–Crippen MR) is 83.3 cm³/mol. The number of hydrogen-bond acceptors (Lipinski definition) is 4. The average molecular weight is 313 g/mol. The van der Waals surface area contributed by atoms with Crippen molar-refractivity contribution in [1.82, 2.24) is 0 Å². The zero-order valence-corrected chi connectivity index (χ0v) is 13.5. The molecule has 2 N–H and O–H groups in total. The molecule has 118 valence electrons. The van der Waals surface area contributed by atoms with E-state index < -0.39 is 15.8 Å². The molecule has 0 fully saturated rings. The molecule has 1 aromatic carbocycles. The second kappa shape index (κ2) is 7.45. The van der Waals surface area contributed by atoms with Crippen molar-refractivity contribution in [3.05, 3.63) is 24.3 Å². The highest BCUT2D eigenvalue weighted by Gasteiger charge is 2.15. The molecule has 0 amide bonds. The van der Waals surface area contributed by atoms with Crippen molar-refractivity contribution >= 4 is 21.5 Å². The average Bonchev–Trinajstić information content (AvgIpc) is 2.37. The van der Waals surface area contributed by atoms with Crippen LogP contribution in [0.4, 0.5) is 5.69 Å². The zero-order chi connectivity index (χ0) is 16.0. The summed E-state index contributed by atoms with van der Waals surface area (Å²) >= 11 is 0. The molecular formula is C15H23NO4S. The molecule has 2 atom stereocenters. The van der Waals surface area contributed by atoms with Crippen molar-refractivity contribution in [3.8, 4) is 0 Å². The number of sulfone groups is 1. The van der Waals surface area contributed by atoms with E-state index in [0.717, 1.165) is 12.8 Å². The Labute approximate surface area is 126 Å². The second-order valence-corrected chi connectivity index (χ2v) is 7.47. The van der Waals surface area contributed by atoms with Crippen molar-refractivity contribution in [2.24, 2.45) is 5.92 Å². The van der Waals surface area contributed by atoms with E-state index in [1.165, 1.54) is 6.26 Å². The number of benzene rings is 1. The highest BCUT2D eigenvalue weighted by molar-refractivity contribution is 7.90. The summed E-state index contributed by atoms with van der Waals surface area (Å²) in [5.74, 6) is -1.13. The summed E-state index contributed by atoms with van der Waals surface area (Å²) in [6.07, 6.45) is 3.38. The first-order valence-electron chi connectivity index (χ1n) is 7.00. The Morgan fingerprint density at radius 1 is 1.24 bits per heavy atom. The molecule has 1 rings (SSSR count). The third-order valence-electron chi connectivity index (χ3n) is 3.38. The Balaban J connectivity index is 2.60. The Morgan fingerprint density at radius 3 is 2.43 bits per heavy atom. The van der Waals surface area contributed by atoms with Crippen molar-refractivity contribution in [3.63, 3.8) is 0 Å². The minimum absolute atomic E-state index is 0.0777. The van der Waals surface area contributed by atoms with Gasteiger partial charge >= 0.3 is 5.97 Å². The van der Waals surface area contributed by atoms with Crippen LogP contribution < -0.4 is 5.32 Å². The van der Waals surface area contributed by atoms with Gasteiger partial charge in [0.05, 0.1) is 16.5 Å². The van der Waals surface area contributed by atoms with Gasteiger partial charge in [0.1, 0.15) is 0 Å². The lowest BCUT2D eigenvalue weighted by Gasteiger charge is -2.18. The Bertz CT molecular complexity index is 583. The SMILES string of the molecule is CC(CCCC(C)C(=O)O)Nc1ccccc1S(C)(=O)=O. The summed E-state index contributed by atoms with van der Waals surface area (Å²) < 4.78 is 23.4. The van der Waals surface area contributed by atoms with E-state index in [9.17, 15) is 13.2 Å². The summed E-state index contributed by atoms with van der Waals surface area (Å²) in [6.45, 7) is 3.66. The second-order valence-electron chi connectivity index (χ2n) is 5.48. The van der Waals surface area contributed by atoms with E-state index in [0.29, 0.717) is 12.1 Å². The van der Waals surface area contributed by atoms with Crippen LogP contribution in [0.1, 0.15) is 33.1 Å². The maximum Gasteiger partial charge on any atom is 0.306 e. The monoisotopic (exact) mass is 313 g/mol. The van der Waals surface area contributed by atoms with Crippen LogP contribution in [0.3, 0.4) is 0 Å². The molecule has 6 heteroatoms. The van der Waals surface area contributed by atoms with Gasteiger partial charge in [-0.1, -0.05) is 25.5 Å². The number of anilines is 1. The third-order valence-corrected chi connectivity index (χ3v) is 4.54. The maximum atomic E-state index is 11.7. The van der Waals surface area contributed by atoms with Crippen LogP contribution in [0.2, 0.25) is 0 Å². The Kier molecular flexibility index (Phi) is 6.20. The van der Waals surface area contributed by atoms with Gasteiger partial charge in [0.15, 0.2) is 9.84 Å². The molecule has 0 aromatic heterocycles. The lowest BCUT2D eigenvalue weighted by Crippen LogP contribution is -2.18. The van der Waals surface area contributed by atoms with Crippen LogP contribution in [0.5, 0.6) is 0 Å². The van der Waals surface area contributed by atoms with Gasteiger partial charge in [0.2, 0.25) is 0 Å². The first kappa shape index (κ1) is 17.5. The molecular weight excluding hydrogens is 290 g/mol. The maximum absolute atomic E-state index is 11.7. The van der Waals surface area contributed by atoms with Crippen LogP contribution >= 0.6 is 0 Å². The molecule has 0 saturated carbocycles. The number of hydrogen-bond donors (Lipinski definition) is 2. The number of aliphatic carboxylic acids is 1. The summed E-state index contributed by atoms with van der Waals surface area (Å²) in [6, 6.07) is 6.88. The van der Waals surface area contributed by atoms with Gasteiger partial charge in [-0.2, -0.15) is 0 Å². The highest BCUT2D eigenvalue weighted by Crippen LogP contribution is 2.22. The molecule has 5 nitrogen and oxygen atoms in total. The molecule has 21 heavy (non-hydrogen) atoms. The molecule has 0 saturated heterocycles. The van der Waals surface area contributed by atoms with Crippen LogP contribution in [0, 0.1) is 5.92 Å². The normalized spacial score (nSPS) is 14.4. The summed E-state index contributed by atoms with van der Waals surface area (Å²) in [4.78, 5) is 11.0. The van der Waals surface area contributed by atoms with E-state index in [1.54, 1.807) is 31.2 Å². The van der Waals surface area contributed by atoms with Gasteiger partial charge in [-0.05, 0) is 31.9 Å². The molecule has 0 aliphatic carbocycles. The fourth-order valence-electron chi connectivity index (χ4n) is 2.10. The van der Waals surface area contributed by atoms with Crippen LogP contribution in [0.25, 0.3) is 0 Å². The van der Waals surface area contributed by atoms with E-state index in [-0.39, 0.29) is 16.9 Å². The lowest BCUT2D eigenvalue weighted by molar-refractivity contribution is -0.141. The summed E-state index contributed by atoms with van der Waals surface area (Å²) in [5.41, 5.74) is 0.596. The van der Waals surface area contributed by atoms with Gasteiger partial charge < -0.3 is 10.4 Å². The van der Waals surface area contributed by atoms with E-state index >= 15 is 0 Å². The quantitative estimate of drug-likeness (QED) is 0.771. The number of para-hydroxylation sites is 1. The van der Waals surface area contributed by atoms with E-state index in [4.69, 9.17) is 5.11 Å². The smallest absolute Gasteiger partial charge is 0.306 e. The fraction of sp³-hybridized carbons (Fsp3) is 0.533. The Hall–Kier alpha value is -1.56. The van der Waals surface area contributed by atoms with Crippen molar-refractivity contribution in [2.45, 2.75) is 44.0 Å². The summed E-state index contributed by atoms with van der Waals surface area (Å²) in [5, 5.41) is 12.0. The molecule has 0 heterocycles. The topological polar surface area (TPSA) is 83.5 Å². The third kappa shape index (κ3) is 5.75. The van der Waals surface area contributed by atoms with Crippen LogP contribution in [-0.4, -0.2) is 31.8 Å². The first-order valence-corrected chi connectivity index (χ1v) is 8.89. The van der Waals surface area contributed by atoms with E-state index in [2.05, 4.69) is 5.32 Å². The van der Waals surface area contributed by atoms with Crippen LogP contribution in [-0.2, 0) is 14.6 Å². The van der Waals surface area contributed by atoms with Gasteiger partial charge in [0.25, 0.3) is 0 Å². The molecule has 2 unspecified atom stereocenters. The zero-order valence-electron chi connectivity index (χ0n) is 12.7. The molecule has 0 spiro atoms. The number of nitrogens with one attached hydrogen (secondary N) is 1. The number of carboxylic acids is 1. The predicted octanol–water partition coefficient (Wildman–Crippen LogP) is 2.78. The molecule has 0 aliphatic rings. The minimum atomic E-state index is -3.26. The number of carboxylic acid groups (broad SMARTS) is 1. The molecule has 0 bridgehead atoms. The van der Waals surface area contributed by atoms with Gasteiger partial charge in [0, 0.05) is 12.3 Å². The lowest BCUT2D eigenvalue weighted by atomic mass is 10.0. The van der Waals surface area contributed by atoms with Crippen LogP contribution in [0.15, 0.2) is 29.2 Å². The van der Waals surface area contributed by atoms with Gasteiger partial charge in [-0.25, -0.2) is 8.42 Å². The fourth-order valence-corrected chi connectivity index (χ4v) is 2.95. The van der Waals surface area contributed by atoms with Crippen molar-refractivity contribution < 1.29 is 18.3 Å². The Morgan fingerprint density at radius 2 is 1.86 bits per heavy atom. The van der Waals surface area contributed by atoms with Crippen molar-refractivity contribution in [2.75, 3.05) is 11.6 Å². The molecule has 1 aromatic rings. The molecule has 0 radical (unpaired) electrons. The van der Waals surface area contributed by atoms with Gasteiger partial charge in [-0.15, -0.1) is 0 Å². The standard InChI is InChI=1S/C15H23NO4S/c1-11(15(17)18)7-6-8-12(2)16-13-9-4-5-10-14(13)21(3,19)20/h4-5,9-12,16H,6-8H2,1-3H3,(H,17,18). The van der Waals surface area contributed by atoms with Crippen molar-refractivity contribution in [1.29, 1.82) is 0 Å². The highest BCUT2D eigenvalue weighted by atomic mass is 32.2. The number of carbonyl (C=O) groups is 1. The minimum Gasteiger partial charge on any atom is -0.481 e. The number of rotatable bonds is 8. The van der Waals surface area contributed by atoms with Gasteiger partial charge in [-0.3, -0.25) is 4.79 Å². The largest absolute Gasteiger partial charge is 0.481 e.